The first kappa shape index (κ1) is 32.6. The zero-order valence-corrected chi connectivity index (χ0v) is 23.7. The summed E-state index contributed by atoms with van der Waals surface area (Å²) in [5.74, 6) is 0.404. The molecule has 0 saturated heterocycles. The molecule has 0 aromatic heterocycles. The molecule has 0 aliphatic rings. The third kappa shape index (κ3) is 12.9. The molecule has 2 aromatic carbocycles. The van der Waals surface area contributed by atoms with Crippen molar-refractivity contribution >= 4 is 6.41 Å². The molecule has 0 saturated carbocycles. The zero-order chi connectivity index (χ0) is 28.9. The predicted octanol–water partition coefficient (Wildman–Crippen LogP) is 6.26. The van der Waals surface area contributed by atoms with Crippen LogP contribution in [0.2, 0.25) is 0 Å². The van der Waals surface area contributed by atoms with Crippen molar-refractivity contribution in [3.8, 4) is 5.75 Å². The van der Waals surface area contributed by atoms with Gasteiger partial charge >= 0.3 is 6.18 Å². The van der Waals surface area contributed by atoms with Crippen LogP contribution in [-0.4, -0.2) is 62.4 Å². The van der Waals surface area contributed by atoms with Crippen LogP contribution < -0.4 is 10.1 Å². The van der Waals surface area contributed by atoms with E-state index in [1.54, 1.807) is 0 Å². The van der Waals surface area contributed by atoms with E-state index < -0.39 is 11.7 Å². The predicted molar refractivity (Wildman–Crippen MR) is 147 cm³/mol. The number of carbonyl (C=O) groups is 1. The van der Waals surface area contributed by atoms with Gasteiger partial charge in [-0.1, -0.05) is 30.3 Å². The number of carbonyl (C=O) groups excluding carboxylic acids is 1. The highest BCUT2D eigenvalue weighted by Gasteiger charge is 2.30. The third-order valence-corrected chi connectivity index (χ3v) is 6.52. The fourth-order valence-electron chi connectivity index (χ4n) is 3.92. The third-order valence-electron chi connectivity index (χ3n) is 6.52. The molecule has 9 heteroatoms. The van der Waals surface area contributed by atoms with Crippen molar-refractivity contribution in [2.24, 2.45) is 0 Å². The Morgan fingerprint density at radius 2 is 1.49 bits per heavy atom. The number of amides is 1. The van der Waals surface area contributed by atoms with Gasteiger partial charge in [-0.3, -0.25) is 4.79 Å². The Hall–Kier alpha value is -2.62. The van der Waals surface area contributed by atoms with E-state index in [4.69, 9.17) is 14.2 Å². The first-order valence-electron chi connectivity index (χ1n) is 13.3. The lowest BCUT2D eigenvalue weighted by atomic mass is 10.0. The first-order valence-corrected chi connectivity index (χ1v) is 13.3. The molecule has 1 unspecified atom stereocenters. The minimum Gasteiger partial charge on any atom is -0.486 e. The summed E-state index contributed by atoms with van der Waals surface area (Å²) in [6.45, 7) is 11.2. The fourth-order valence-corrected chi connectivity index (χ4v) is 3.92. The highest BCUT2D eigenvalue weighted by molar-refractivity contribution is 5.45. The second-order valence-corrected chi connectivity index (χ2v) is 10.9. The van der Waals surface area contributed by atoms with Gasteiger partial charge in [-0.15, -0.1) is 0 Å². The van der Waals surface area contributed by atoms with Crippen LogP contribution in [0.15, 0.2) is 54.6 Å². The number of halogens is 3. The summed E-state index contributed by atoms with van der Waals surface area (Å²) in [5, 5.41) is 2.59. The lowest BCUT2D eigenvalue weighted by molar-refractivity contribution is -0.137. The van der Waals surface area contributed by atoms with Crippen molar-refractivity contribution in [2.75, 3.05) is 39.9 Å². The Morgan fingerprint density at radius 1 is 0.872 bits per heavy atom. The van der Waals surface area contributed by atoms with E-state index in [0.717, 1.165) is 43.6 Å². The monoisotopic (exact) mass is 552 g/mol. The summed E-state index contributed by atoms with van der Waals surface area (Å²) >= 11 is 0. The second kappa shape index (κ2) is 15.2. The van der Waals surface area contributed by atoms with Gasteiger partial charge < -0.3 is 24.4 Å². The maximum Gasteiger partial charge on any atom is 0.416 e. The van der Waals surface area contributed by atoms with E-state index in [1.165, 1.54) is 12.1 Å². The Balaban J connectivity index is 1.84. The van der Waals surface area contributed by atoms with Gasteiger partial charge in [-0.25, -0.2) is 0 Å². The molecule has 0 bridgehead atoms. The van der Waals surface area contributed by atoms with Gasteiger partial charge in [-0.2, -0.15) is 13.2 Å². The molecule has 1 atom stereocenters. The Bertz CT molecular complexity index is 966. The molecule has 2 rings (SSSR count). The number of rotatable bonds is 18. The molecule has 6 nitrogen and oxygen atoms in total. The Labute approximate surface area is 230 Å². The van der Waals surface area contributed by atoms with Crippen LogP contribution in [0.25, 0.3) is 0 Å². The highest BCUT2D eigenvalue weighted by atomic mass is 19.4. The molecule has 2 aromatic rings. The number of benzene rings is 2. The first-order chi connectivity index (χ1) is 18.3. The van der Waals surface area contributed by atoms with Crippen LogP contribution in [0.3, 0.4) is 0 Å². The van der Waals surface area contributed by atoms with Gasteiger partial charge in [-0.05, 0) is 77.4 Å². The molecule has 1 N–H and O–H groups in total. The summed E-state index contributed by atoms with van der Waals surface area (Å²) in [6.07, 6.45) is -1.78. The fraction of sp³-hybridized carbons (Fsp3) is 0.567. The van der Waals surface area contributed by atoms with Gasteiger partial charge in [0.1, 0.15) is 11.9 Å². The Morgan fingerprint density at radius 3 is 2.10 bits per heavy atom. The smallest absolute Gasteiger partial charge is 0.416 e. The van der Waals surface area contributed by atoms with Crippen molar-refractivity contribution in [1.82, 2.24) is 10.2 Å². The standard InChI is InChI=1S/C30H43F3N2O4/c1-28(2,37-21-17-29(3,4)38-22-18-34-23-36)16-20-35(5)19-15-27(24-9-7-6-8-10-24)39-26-13-11-25(12-14-26)30(31,32)33/h6-14,23,27H,15-22H2,1-5H3,(H,34,36). The molecule has 0 aliphatic heterocycles. The molecule has 0 radical (unpaired) electrons. The van der Waals surface area contributed by atoms with E-state index in [2.05, 4.69) is 24.1 Å². The largest absolute Gasteiger partial charge is 0.486 e. The number of nitrogens with one attached hydrogen (secondary N) is 1. The molecule has 0 spiro atoms. The minimum atomic E-state index is -4.38. The molecule has 218 valence electrons. The Kier molecular flexibility index (Phi) is 12.7. The van der Waals surface area contributed by atoms with E-state index in [9.17, 15) is 18.0 Å². The van der Waals surface area contributed by atoms with Crippen LogP contribution in [0.1, 0.15) is 64.2 Å². The average molecular weight is 553 g/mol. The summed E-state index contributed by atoms with van der Waals surface area (Å²) in [7, 11) is 2.04. The number of hydrogen-bond donors (Lipinski definition) is 1. The van der Waals surface area contributed by atoms with Crippen molar-refractivity contribution in [3.63, 3.8) is 0 Å². The molecule has 0 heterocycles. The van der Waals surface area contributed by atoms with Crippen molar-refractivity contribution < 1.29 is 32.2 Å². The number of ether oxygens (including phenoxy) is 3. The van der Waals surface area contributed by atoms with Crippen LogP contribution in [-0.2, 0) is 20.4 Å². The van der Waals surface area contributed by atoms with E-state index in [1.807, 2.05) is 51.2 Å². The van der Waals surface area contributed by atoms with E-state index in [0.29, 0.717) is 38.3 Å². The van der Waals surface area contributed by atoms with Crippen molar-refractivity contribution in [1.29, 1.82) is 0 Å². The average Bonchev–Trinajstić information content (AvgIpc) is 2.88. The van der Waals surface area contributed by atoms with Crippen LogP contribution in [0, 0.1) is 0 Å². The SMILES string of the molecule is CN(CCC(Oc1ccc(C(F)(F)F)cc1)c1ccccc1)CCC(C)(C)OCCC(C)(C)OCCNC=O. The maximum atomic E-state index is 12.9. The summed E-state index contributed by atoms with van der Waals surface area (Å²) in [4.78, 5) is 12.6. The lowest BCUT2D eigenvalue weighted by Crippen LogP contribution is -2.35. The van der Waals surface area contributed by atoms with Crippen LogP contribution >= 0.6 is 0 Å². The molecule has 39 heavy (non-hydrogen) atoms. The number of hydrogen-bond acceptors (Lipinski definition) is 5. The topological polar surface area (TPSA) is 60.0 Å². The normalized spacial score (nSPS) is 13.4. The van der Waals surface area contributed by atoms with E-state index >= 15 is 0 Å². The van der Waals surface area contributed by atoms with E-state index in [-0.39, 0.29) is 17.3 Å². The quantitative estimate of drug-likeness (QED) is 0.175. The maximum absolute atomic E-state index is 12.9. The summed E-state index contributed by atoms with van der Waals surface area (Å²) in [5.41, 5.74) is -0.393. The van der Waals surface area contributed by atoms with Gasteiger partial charge in [0.05, 0.1) is 30.0 Å². The molecule has 0 fully saturated rings. The second-order valence-electron chi connectivity index (χ2n) is 10.9. The molecular formula is C30H43F3N2O4. The van der Waals surface area contributed by atoms with Gasteiger partial charge in [0.25, 0.3) is 0 Å². The zero-order valence-electron chi connectivity index (χ0n) is 23.7. The van der Waals surface area contributed by atoms with Crippen molar-refractivity contribution in [3.05, 3.63) is 65.7 Å². The van der Waals surface area contributed by atoms with Gasteiger partial charge in [0.2, 0.25) is 6.41 Å². The van der Waals surface area contributed by atoms with Gasteiger partial charge in [0, 0.05) is 26.1 Å². The lowest BCUT2D eigenvalue weighted by Gasteiger charge is -2.31. The molecular weight excluding hydrogens is 509 g/mol. The van der Waals surface area contributed by atoms with Crippen LogP contribution in [0.5, 0.6) is 5.75 Å². The highest BCUT2D eigenvalue weighted by Crippen LogP contribution is 2.32. The minimum absolute atomic E-state index is 0.293. The summed E-state index contributed by atoms with van der Waals surface area (Å²) in [6, 6.07) is 14.5. The molecule has 0 aliphatic carbocycles. The van der Waals surface area contributed by atoms with Gasteiger partial charge in [0.15, 0.2) is 0 Å². The number of nitrogens with zero attached hydrogens (tertiary/aromatic N) is 1. The number of alkyl halides is 3. The summed E-state index contributed by atoms with van der Waals surface area (Å²) < 4.78 is 56.9. The van der Waals surface area contributed by atoms with Crippen molar-refractivity contribution in [2.45, 2.75) is 70.4 Å². The molecule has 1 amide bonds. The van der Waals surface area contributed by atoms with Crippen LogP contribution in [0.4, 0.5) is 13.2 Å².